The van der Waals surface area contributed by atoms with Crippen LogP contribution in [0.5, 0.6) is 0 Å². The second-order valence-electron chi connectivity index (χ2n) is 8.21. The Balaban J connectivity index is 2.79. The second kappa shape index (κ2) is 8.63. The molecule has 0 fully saturated rings. The highest BCUT2D eigenvalue weighted by molar-refractivity contribution is 5.56. The van der Waals surface area contributed by atoms with E-state index in [9.17, 15) is 0 Å². The summed E-state index contributed by atoms with van der Waals surface area (Å²) >= 11 is 0. The summed E-state index contributed by atoms with van der Waals surface area (Å²) in [6.07, 6.45) is 5.60. The second-order valence-corrected chi connectivity index (χ2v) is 8.21. The van der Waals surface area contributed by atoms with E-state index in [2.05, 4.69) is 69.2 Å². The van der Waals surface area contributed by atoms with Crippen molar-refractivity contribution >= 4 is 0 Å². The highest BCUT2D eigenvalue weighted by Gasteiger charge is 2.20. The molecule has 0 heteroatoms. The SMILES string of the molecule is CCc1c(C)c(C)c(Cc2c(C)c(C)c(CC)c(C)c2CC)c(CC)c1C. The molecule has 0 nitrogen and oxygen atoms in total. The van der Waals surface area contributed by atoms with Crippen molar-refractivity contribution in [1.29, 1.82) is 0 Å². The minimum atomic E-state index is 1.08. The van der Waals surface area contributed by atoms with Crippen LogP contribution < -0.4 is 0 Å². The third-order valence-electron chi connectivity index (χ3n) is 7.24. The van der Waals surface area contributed by atoms with Crippen LogP contribution in [0.3, 0.4) is 0 Å². The monoisotopic (exact) mass is 364 g/mol. The number of rotatable bonds is 6. The van der Waals surface area contributed by atoms with Gasteiger partial charge in [-0.1, -0.05) is 27.7 Å². The topological polar surface area (TPSA) is 0 Å². The molecule has 0 aliphatic heterocycles. The molecule has 27 heavy (non-hydrogen) atoms. The predicted molar refractivity (Wildman–Crippen MR) is 122 cm³/mol. The normalized spacial score (nSPS) is 11.3. The summed E-state index contributed by atoms with van der Waals surface area (Å²) in [5, 5.41) is 0. The Morgan fingerprint density at radius 2 is 0.593 bits per heavy atom. The average molecular weight is 365 g/mol. The van der Waals surface area contributed by atoms with Gasteiger partial charge in [0.2, 0.25) is 0 Å². The van der Waals surface area contributed by atoms with Crippen molar-refractivity contribution < 1.29 is 0 Å². The molecule has 0 aromatic heterocycles. The molecule has 0 N–H and O–H groups in total. The molecule has 2 aromatic rings. The van der Waals surface area contributed by atoms with Crippen molar-refractivity contribution in [3.05, 3.63) is 66.8 Å². The molecule has 0 saturated carbocycles. The molecule has 0 aliphatic rings. The van der Waals surface area contributed by atoms with Crippen LogP contribution in [0.4, 0.5) is 0 Å². The van der Waals surface area contributed by atoms with Gasteiger partial charge in [-0.25, -0.2) is 0 Å². The first-order valence-electron chi connectivity index (χ1n) is 10.9. The van der Waals surface area contributed by atoms with Gasteiger partial charge in [-0.15, -0.1) is 0 Å². The molecule has 0 amide bonds. The zero-order chi connectivity index (χ0) is 20.5. The first kappa shape index (κ1) is 21.7. The lowest BCUT2D eigenvalue weighted by Gasteiger charge is -2.25. The molecule has 0 saturated heterocycles. The zero-order valence-corrected chi connectivity index (χ0v) is 19.5. The molecule has 148 valence electrons. The van der Waals surface area contributed by atoms with Gasteiger partial charge in [-0.3, -0.25) is 0 Å². The van der Waals surface area contributed by atoms with Gasteiger partial charge in [0.1, 0.15) is 0 Å². The third kappa shape index (κ3) is 3.60. The van der Waals surface area contributed by atoms with Gasteiger partial charge in [0.25, 0.3) is 0 Å². The van der Waals surface area contributed by atoms with Crippen molar-refractivity contribution in [3.8, 4) is 0 Å². The van der Waals surface area contributed by atoms with Crippen molar-refractivity contribution in [3.63, 3.8) is 0 Å². The summed E-state index contributed by atoms with van der Waals surface area (Å²) in [4.78, 5) is 0. The first-order valence-corrected chi connectivity index (χ1v) is 10.9. The summed E-state index contributed by atoms with van der Waals surface area (Å²) in [5.74, 6) is 0. The minimum absolute atomic E-state index is 1.08. The maximum atomic E-state index is 2.35. The molecule has 0 heterocycles. The van der Waals surface area contributed by atoms with E-state index in [0.717, 1.165) is 32.1 Å². The first-order chi connectivity index (χ1) is 12.7. The van der Waals surface area contributed by atoms with E-state index < -0.39 is 0 Å². The van der Waals surface area contributed by atoms with E-state index in [-0.39, 0.29) is 0 Å². The lowest BCUT2D eigenvalue weighted by molar-refractivity contribution is 0.932. The largest absolute Gasteiger partial charge is 0.0613 e. The lowest BCUT2D eigenvalue weighted by Crippen LogP contribution is -2.12. The van der Waals surface area contributed by atoms with Crippen LogP contribution in [-0.2, 0) is 32.1 Å². The third-order valence-corrected chi connectivity index (χ3v) is 7.24. The molecule has 0 spiro atoms. The van der Waals surface area contributed by atoms with Crippen LogP contribution in [0.25, 0.3) is 0 Å². The fraction of sp³-hybridized carbons (Fsp3) is 0.556. The smallest absolute Gasteiger partial charge is 0.00147 e. The van der Waals surface area contributed by atoms with Gasteiger partial charge in [-0.05, 0) is 140 Å². The summed E-state index contributed by atoms with van der Waals surface area (Å²) in [6.45, 7) is 23.3. The van der Waals surface area contributed by atoms with Crippen LogP contribution in [0.15, 0.2) is 0 Å². The molecular formula is C27H40. The average Bonchev–Trinajstić information content (AvgIpc) is 2.65. The highest BCUT2D eigenvalue weighted by Crippen LogP contribution is 2.34. The Morgan fingerprint density at radius 3 is 0.852 bits per heavy atom. The fourth-order valence-corrected chi connectivity index (χ4v) is 5.41. The summed E-state index contributed by atoms with van der Waals surface area (Å²) in [7, 11) is 0. The van der Waals surface area contributed by atoms with Crippen molar-refractivity contribution in [1.82, 2.24) is 0 Å². The van der Waals surface area contributed by atoms with E-state index in [1.165, 1.54) is 33.4 Å². The Bertz CT molecular complexity index is 778. The standard InChI is InChI=1S/C27H40/c1-11-22-16(5)18(7)26(24(13-3)20(22)9)15-27-19(8)17(6)23(12-2)21(10)25(27)14-4/h11-15H2,1-10H3. The van der Waals surface area contributed by atoms with E-state index in [0.29, 0.717) is 0 Å². The van der Waals surface area contributed by atoms with Crippen molar-refractivity contribution in [2.75, 3.05) is 0 Å². The van der Waals surface area contributed by atoms with Gasteiger partial charge >= 0.3 is 0 Å². The van der Waals surface area contributed by atoms with Gasteiger partial charge in [0.15, 0.2) is 0 Å². The quantitative estimate of drug-likeness (QED) is 0.501. The Hall–Kier alpha value is -1.56. The number of hydrogen-bond acceptors (Lipinski definition) is 0. The van der Waals surface area contributed by atoms with Crippen molar-refractivity contribution in [2.45, 2.75) is 101 Å². The zero-order valence-electron chi connectivity index (χ0n) is 19.5. The molecule has 0 bridgehead atoms. The summed E-state index contributed by atoms with van der Waals surface area (Å²) in [6, 6.07) is 0. The molecule has 0 aliphatic carbocycles. The van der Waals surface area contributed by atoms with Crippen LogP contribution in [0, 0.1) is 41.5 Å². The van der Waals surface area contributed by atoms with Crippen LogP contribution >= 0.6 is 0 Å². The maximum Gasteiger partial charge on any atom is -0.00147 e. The lowest BCUT2D eigenvalue weighted by atomic mass is 9.79. The van der Waals surface area contributed by atoms with E-state index in [1.807, 2.05) is 0 Å². The number of hydrogen-bond donors (Lipinski definition) is 0. The summed E-state index contributed by atoms with van der Waals surface area (Å²) in [5.41, 5.74) is 18.6. The van der Waals surface area contributed by atoms with Gasteiger partial charge in [0, 0.05) is 0 Å². The van der Waals surface area contributed by atoms with Crippen LogP contribution in [0.2, 0.25) is 0 Å². The fourth-order valence-electron chi connectivity index (χ4n) is 5.41. The van der Waals surface area contributed by atoms with Gasteiger partial charge < -0.3 is 0 Å². The number of benzene rings is 2. The van der Waals surface area contributed by atoms with Gasteiger partial charge in [-0.2, -0.15) is 0 Å². The predicted octanol–water partition coefficient (Wildman–Crippen LogP) is 7.38. The molecule has 0 unspecified atom stereocenters. The van der Waals surface area contributed by atoms with Gasteiger partial charge in [0.05, 0.1) is 0 Å². The van der Waals surface area contributed by atoms with Crippen LogP contribution in [0.1, 0.15) is 94.5 Å². The van der Waals surface area contributed by atoms with E-state index >= 15 is 0 Å². The minimum Gasteiger partial charge on any atom is -0.0613 e. The Labute approximate surface area is 168 Å². The molecule has 0 radical (unpaired) electrons. The van der Waals surface area contributed by atoms with E-state index in [1.54, 1.807) is 33.4 Å². The molecule has 0 atom stereocenters. The molecule has 2 aromatic carbocycles. The van der Waals surface area contributed by atoms with Crippen molar-refractivity contribution in [2.24, 2.45) is 0 Å². The maximum absolute atomic E-state index is 2.35. The Morgan fingerprint density at radius 1 is 0.333 bits per heavy atom. The van der Waals surface area contributed by atoms with Crippen LogP contribution in [-0.4, -0.2) is 0 Å². The molecular weight excluding hydrogens is 324 g/mol. The molecule has 2 rings (SSSR count). The van der Waals surface area contributed by atoms with E-state index in [4.69, 9.17) is 0 Å². The highest BCUT2D eigenvalue weighted by atomic mass is 14.2. The summed E-state index contributed by atoms with van der Waals surface area (Å²) < 4.78 is 0. The Kier molecular flexibility index (Phi) is 6.95.